The standard InChI is InChI=1S/C21H31N5O4.C4H10/c22-11-20(28)29-12-15-6-9-18(30-15)16-7-8-17(25-16)21(24-13-23)26-19(27)10-14-4-2-1-3-5-14;1-4(2)3/h7-8,13-15,18,25H,1-6,9-12,22H2,(H2,23,24,26,27);4H,1-3H3. The fraction of sp³-hybridized carbons (Fsp3) is 0.680. The normalized spacial score (nSPS) is 21.5. The zero-order chi connectivity index (χ0) is 24.9. The van der Waals surface area contributed by atoms with Gasteiger partial charge in [0.1, 0.15) is 6.61 Å². The maximum absolute atomic E-state index is 12.4. The minimum atomic E-state index is -0.442. The number of amidine groups is 1. The first-order valence-corrected chi connectivity index (χ1v) is 12.4. The number of aromatic amines is 1. The van der Waals surface area contributed by atoms with Crippen LogP contribution in [-0.4, -0.2) is 48.3 Å². The van der Waals surface area contributed by atoms with Crippen LogP contribution in [0.25, 0.3) is 0 Å². The minimum absolute atomic E-state index is 0.140. The van der Waals surface area contributed by atoms with Crippen molar-refractivity contribution in [2.45, 2.75) is 84.3 Å². The van der Waals surface area contributed by atoms with Gasteiger partial charge in [-0.25, -0.2) is 4.99 Å². The lowest BCUT2D eigenvalue weighted by Crippen LogP contribution is -2.23. The number of aromatic nitrogens is 1. The maximum Gasteiger partial charge on any atom is 0.319 e. The number of carbonyl (C=O) groups excluding carboxylic acids is 2. The van der Waals surface area contributed by atoms with E-state index in [1.54, 1.807) is 0 Å². The molecule has 0 spiro atoms. The first-order chi connectivity index (χ1) is 16.3. The molecule has 2 atom stereocenters. The number of aliphatic imine (C=N–C) groups is 2. The summed E-state index contributed by atoms with van der Waals surface area (Å²) in [6.45, 7) is 6.55. The number of nitrogens with two attached hydrogens (primary N) is 2. The quantitative estimate of drug-likeness (QED) is 0.312. The number of nitrogens with one attached hydrogen (secondary N) is 1. The molecule has 0 aromatic carbocycles. The Morgan fingerprint density at radius 1 is 1.18 bits per heavy atom. The SMILES string of the molecule is CC(C)C.NC=NC(=NC(=O)CC1CCCCC1)c1ccc(C2CCC(COC(=O)CN)O2)[nH]1. The number of hydrogen-bond acceptors (Lipinski definition) is 5. The van der Waals surface area contributed by atoms with Crippen LogP contribution in [0.3, 0.4) is 0 Å². The fourth-order valence-electron chi connectivity index (χ4n) is 4.06. The number of nitrogens with zero attached hydrogens (tertiary/aromatic N) is 2. The van der Waals surface area contributed by atoms with Crippen LogP contribution in [0.4, 0.5) is 0 Å². The Morgan fingerprint density at radius 3 is 2.53 bits per heavy atom. The van der Waals surface area contributed by atoms with E-state index in [0.717, 1.165) is 43.6 Å². The van der Waals surface area contributed by atoms with Gasteiger partial charge >= 0.3 is 5.97 Å². The second kappa shape index (κ2) is 14.7. The van der Waals surface area contributed by atoms with Gasteiger partial charge in [-0.05, 0) is 49.7 Å². The topological polar surface area (TPSA) is 145 Å². The Bertz CT molecular complexity index is 824. The molecule has 1 aromatic heterocycles. The van der Waals surface area contributed by atoms with Crippen LogP contribution in [0.1, 0.15) is 89.6 Å². The van der Waals surface area contributed by atoms with E-state index >= 15 is 0 Å². The van der Waals surface area contributed by atoms with Crippen molar-refractivity contribution in [1.82, 2.24) is 4.98 Å². The summed E-state index contributed by atoms with van der Waals surface area (Å²) < 4.78 is 11.0. The van der Waals surface area contributed by atoms with Crippen molar-refractivity contribution in [2.24, 2.45) is 33.3 Å². The molecule has 1 saturated carbocycles. The lowest BCUT2D eigenvalue weighted by molar-refractivity contribution is -0.145. The summed E-state index contributed by atoms with van der Waals surface area (Å²) >= 11 is 0. The Hall–Kier alpha value is -2.52. The van der Waals surface area contributed by atoms with Crippen LogP contribution in [0.5, 0.6) is 0 Å². The van der Waals surface area contributed by atoms with Crippen molar-refractivity contribution >= 4 is 24.1 Å². The molecule has 190 valence electrons. The predicted molar refractivity (Wildman–Crippen MR) is 134 cm³/mol. The van der Waals surface area contributed by atoms with Crippen molar-refractivity contribution in [3.05, 3.63) is 23.5 Å². The summed E-state index contributed by atoms with van der Waals surface area (Å²) in [4.78, 5) is 35.2. The average molecular weight is 476 g/mol. The molecule has 1 aromatic rings. The van der Waals surface area contributed by atoms with E-state index in [1.165, 1.54) is 19.3 Å². The summed E-state index contributed by atoms with van der Waals surface area (Å²) in [7, 11) is 0. The van der Waals surface area contributed by atoms with Gasteiger partial charge in [0.2, 0.25) is 5.91 Å². The molecule has 1 aliphatic carbocycles. The Labute approximate surface area is 202 Å². The highest BCUT2D eigenvalue weighted by atomic mass is 16.6. The van der Waals surface area contributed by atoms with Crippen molar-refractivity contribution in [3.8, 4) is 0 Å². The highest BCUT2D eigenvalue weighted by molar-refractivity contribution is 6.06. The zero-order valence-electron chi connectivity index (χ0n) is 20.8. The number of hydrogen-bond donors (Lipinski definition) is 3. The smallest absolute Gasteiger partial charge is 0.319 e. The largest absolute Gasteiger partial charge is 0.462 e. The number of carbonyl (C=O) groups is 2. The molecule has 2 aliphatic rings. The number of H-pyrrole nitrogens is 1. The number of esters is 1. The van der Waals surface area contributed by atoms with Gasteiger partial charge < -0.3 is 25.9 Å². The lowest BCUT2D eigenvalue weighted by Gasteiger charge is -2.19. The second-order valence-corrected chi connectivity index (χ2v) is 9.59. The average Bonchev–Trinajstić information content (AvgIpc) is 3.47. The van der Waals surface area contributed by atoms with E-state index in [9.17, 15) is 9.59 Å². The van der Waals surface area contributed by atoms with E-state index in [-0.39, 0.29) is 37.1 Å². The van der Waals surface area contributed by atoms with Crippen molar-refractivity contribution in [1.29, 1.82) is 0 Å². The van der Waals surface area contributed by atoms with E-state index in [4.69, 9.17) is 20.9 Å². The molecule has 1 amide bonds. The van der Waals surface area contributed by atoms with Gasteiger partial charge in [-0.3, -0.25) is 9.59 Å². The van der Waals surface area contributed by atoms with Gasteiger partial charge in [-0.15, -0.1) is 0 Å². The summed E-state index contributed by atoms with van der Waals surface area (Å²) in [6.07, 6.45) is 8.64. The maximum atomic E-state index is 12.4. The molecule has 0 radical (unpaired) electrons. The van der Waals surface area contributed by atoms with Crippen LogP contribution in [0.2, 0.25) is 0 Å². The highest BCUT2D eigenvalue weighted by Gasteiger charge is 2.28. The van der Waals surface area contributed by atoms with Crippen LogP contribution in [0.15, 0.2) is 22.1 Å². The summed E-state index contributed by atoms with van der Waals surface area (Å²) in [6, 6.07) is 3.71. The second-order valence-electron chi connectivity index (χ2n) is 9.59. The molecule has 1 saturated heterocycles. The summed E-state index contributed by atoms with van der Waals surface area (Å²) in [5.74, 6) is 0.908. The minimum Gasteiger partial charge on any atom is -0.462 e. The third-order valence-corrected chi connectivity index (χ3v) is 5.62. The zero-order valence-corrected chi connectivity index (χ0v) is 20.8. The van der Waals surface area contributed by atoms with Gasteiger partial charge in [0.15, 0.2) is 5.84 Å². The van der Waals surface area contributed by atoms with Gasteiger partial charge in [0.25, 0.3) is 0 Å². The molecule has 2 fully saturated rings. The predicted octanol–water partition coefficient (Wildman–Crippen LogP) is 3.63. The highest BCUT2D eigenvalue weighted by Crippen LogP contribution is 2.32. The van der Waals surface area contributed by atoms with Gasteiger partial charge in [-0.2, -0.15) is 4.99 Å². The molecule has 3 rings (SSSR count). The molecular weight excluding hydrogens is 434 g/mol. The first kappa shape index (κ1) is 27.7. The Kier molecular flexibility index (Phi) is 12.0. The molecule has 2 heterocycles. The molecule has 5 N–H and O–H groups in total. The molecule has 2 unspecified atom stereocenters. The first-order valence-electron chi connectivity index (χ1n) is 12.4. The fourth-order valence-corrected chi connectivity index (χ4v) is 4.06. The van der Waals surface area contributed by atoms with Crippen LogP contribution < -0.4 is 11.5 Å². The molecular formula is C25H41N5O4. The van der Waals surface area contributed by atoms with Crippen LogP contribution in [-0.2, 0) is 19.1 Å². The molecule has 9 nitrogen and oxygen atoms in total. The van der Waals surface area contributed by atoms with Crippen molar-refractivity contribution in [3.63, 3.8) is 0 Å². The van der Waals surface area contributed by atoms with Crippen molar-refractivity contribution in [2.75, 3.05) is 13.2 Å². The van der Waals surface area contributed by atoms with Crippen LogP contribution in [0, 0.1) is 11.8 Å². The van der Waals surface area contributed by atoms with Gasteiger partial charge in [-0.1, -0.05) is 40.0 Å². The molecule has 34 heavy (non-hydrogen) atoms. The lowest BCUT2D eigenvalue weighted by atomic mass is 9.87. The third kappa shape index (κ3) is 9.77. The number of ether oxygens (including phenoxy) is 2. The number of amides is 1. The van der Waals surface area contributed by atoms with E-state index in [2.05, 4.69) is 35.7 Å². The Balaban J connectivity index is 0.000000945. The summed E-state index contributed by atoms with van der Waals surface area (Å²) in [5.41, 5.74) is 12.2. The van der Waals surface area contributed by atoms with Gasteiger partial charge in [0.05, 0.1) is 30.8 Å². The molecule has 0 bridgehead atoms. The van der Waals surface area contributed by atoms with E-state index < -0.39 is 5.97 Å². The Morgan fingerprint density at radius 2 is 1.88 bits per heavy atom. The monoisotopic (exact) mass is 475 g/mol. The van der Waals surface area contributed by atoms with E-state index in [0.29, 0.717) is 18.0 Å². The van der Waals surface area contributed by atoms with Gasteiger partial charge in [0, 0.05) is 12.1 Å². The third-order valence-electron chi connectivity index (χ3n) is 5.62. The molecule has 1 aliphatic heterocycles. The van der Waals surface area contributed by atoms with Crippen molar-refractivity contribution < 1.29 is 19.1 Å². The van der Waals surface area contributed by atoms with E-state index in [1.807, 2.05) is 12.1 Å². The molecule has 9 heteroatoms. The van der Waals surface area contributed by atoms with Crippen LogP contribution >= 0.6 is 0 Å². The number of rotatable bonds is 7. The summed E-state index contributed by atoms with van der Waals surface area (Å²) in [5, 5.41) is 0.